The maximum absolute atomic E-state index is 8.82. The fourth-order valence-electron chi connectivity index (χ4n) is 1.88. The summed E-state index contributed by atoms with van der Waals surface area (Å²) in [4.78, 5) is 4.01. The predicted molar refractivity (Wildman–Crippen MR) is 82.0 cm³/mol. The van der Waals surface area contributed by atoms with Crippen molar-refractivity contribution in [2.75, 3.05) is 0 Å². The van der Waals surface area contributed by atoms with Crippen molar-refractivity contribution in [3.63, 3.8) is 0 Å². The van der Waals surface area contributed by atoms with Crippen LogP contribution >= 0.6 is 0 Å². The van der Waals surface area contributed by atoms with Gasteiger partial charge >= 0.3 is 0 Å². The van der Waals surface area contributed by atoms with E-state index < -0.39 is 0 Å². The van der Waals surface area contributed by atoms with Crippen LogP contribution in [0.25, 0.3) is 0 Å². The molecule has 0 saturated heterocycles. The van der Waals surface area contributed by atoms with Gasteiger partial charge in [0.15, 0.2) is 11.6 Å². The molecule has 5 nitrogen and oxygen atoms in total. The lowest BCUT2D eigenvalue weighted by Gasteiger charge is -2.20. The Balaban J connectivity index is 2.35. The van der Waals surface area contributed by atoms with Crippen LogP contribution in [0, 0.1) is 0 Å². The molecule has 0 unspecified atom stereocenters. The zero-order valence-corrected chi connectivity index (χ0v) is 12.4. The minimum absolute atomic E-state index is 0.0145. The Morgan fingerprint density at radius 3 is 2.71 bits per heavy atom. The molecule has 1 aromatic carbocycles. The summed E-state index contributed by atoms with van der Waals surface area (Å²) in [6.45, 7) is 6.41. The number of benzene rings is 1. The highest BCUT2D eigenvalue weighted by atomic mass is 16.5. The first-order valence-electron chi connectivity index (χ1n) is 6.62. The Morgan fingerprint density at radius 1 is 1.29 bits per heavy atom. The van der Waals surface area contributed by atoms with E-state index in [1.54, 1.807) is 12.3 Å². The van der Waals surface area contributed by atoms with E-state index in [1.807, 2.05) is 18.2 Å². The van der Waals surface area contributed by atoms with Gasteiger partial charge < -0.3 is 15.7 Å². The van der Waals surface area contributed by atoms with Gasteiger partial charge in [0.25, 0.3) is 0 Å². The molecule has 0 aliphatic rings. The lowest BCUT2D eigenvalue weighted by atomic mass is 9.87. The number of rotatable bonds is 3. The summed E-state index contributed by atoms with van der Waals surface area (Å²) in [5, 5.41) is 11.8. The second-order valence-electron chi connectivity index (χ2n) is 5.74. The van der Waals surface area contributed by atoms with Crippen molar-refractivity contribution < 1.29 is 9.94 Å². The molecule has 0 bridgehead atoms. The number of nitrogens with two attached hydrogens (primary N) is 1. The van der Waals surface area contributed by atoms with Gasteiger partial charge in [0.1, 0.15) is 5.75 Å². The van der Waals surface area contributed by atoms with E-state index in [0.717, 1.165) is 5.56 Å². The number of nitrogens with zero attached hydrogens (tertiary/aromatic N) is 2. The molecule has 1 heterocycles. The van der Waals surface area contributed by atoms with Crippen LogP contribution < -0.4 is 10.5 Å². The summed E-state index contributed by atoms with van der Waals surface area (Å²) in [5.41, 5.74) is 7.33. The van der Waals surface area contributed by atoms with Gasteiger partial charge in [0, 0.05) is 6.20 Å². The maximum Gasteiger partial charge on any atom is 0.173 e. The number of hydrogen-bond donors (Lipinski definition) is 2. The molecule has 2 aromatic rings. The maximum atomic E-state index is 8.82. The normalized spacial score (nSPS) is 12.2. The van der Waals surface area contributed by atoms with Crippen LogP contribution in [0.5, 0.6) is 11.5 Å². The van der Waals surface area contributed by atoms with Crippen LogP contribution in [0.2, 0.25) is 0 Å². The van der Waals surface area contributed by atoms with Crippen LogP contribution in [-0.4, -0.2) is 16.0 Å². The Morgan fingerprint density at radius 2 is 2.05 bits per heavy atom. The summed E-state index contributed by atoms with van der Waals surface area (Å²) in [6.07, 6.45) is 3.10. The van der Waals surface area contributed by atoms with Crippen molar-refractivity contribution in [2.24, 2.45) is 10.9 Å². The first-order valence-corrected chi connectivity index (χ1v) is 6.62. The van der Waals surface area contributed by atoms with E-state index >= 15 is 0 Å². The minimum Gasteiger partial charge on any atom is -0.455 e. The Hall–Kier alpha value is -2.56. The minimum atomic E-state index is -0.0145. The summed E-state index contributed by atoms with van der Waals surface area (Å²) < 4.78 is 5.83. The van der Waals surface area contributed by atoms with Gasteiger partial charge in [-0.05, 0) is 29.2 Å². The van der Waals surface area contributed by atoms with E-state index in [2.05, 4.69) is 37.0 Å². The second-order valence-corrected chi connectivity index (χ2v) is 5.74. The average Bonchev–Trinajstić information content (AvgIpc) is 2.46. The predicted octanol–water partition coefficient (Wildman–Crippen LogP) is 3.27. The summed E-state index contributed by atoms with van der Waals surface area (Å²) in [7, 11) is 0. The highest BCUT2D eigenvalue weighted by molar-refractivity contribution is 5.99. The fourth-order valence-corrected chi connectivity index (χ4v) is 1.88. The topological polar surface area (TPSA) is 80.7 Å². The van der Waals surface area contributed by atoms with E-state index in [-0.39, 0.29) is 11.3 Å². The van der Waals surface area contributed by atoms with Crippen LogP contribution in [0.15, 0.2) is 47.9 Å². The lowest BCUT2D eigenvalue weighted by molar-refractivity contribution is 0.318. The molecule has 0 fully saturated rings. The van der Waals surface area contributed by atoms with Gasteiger partial charge in [-0.25, -0.2) is 0 Å². The van der Waals surface area contributed by atoms with Crippen LogP contribution in [0.1, 0.15) is 31.9 Å². The van der Waals surface area contributed by atoms with Crippen molar-refractivity contribution in [1.29, 1.82) is 0 Å². The Kier molecular flexibility index (Phi) is 4.12. The first kappa shape index (κ1) is 14.8. The molecular formula is C16H19N3O2. The number of amidine groups is 1. The van der Waals surface area contributed by atoms with Crippen LogP contribution in [-0.2, 0) is 5.41 Å². The third-order valence-electron chi connectivity index (χ3n) is 3.10. The molecule has 3 N–H and O–H groups in total. The van der Waals surface area contributed by atoms with E-state index in [0.29, 0.717) is 17.1 Å². The number of pyridine rings is 1. The summed E-state index contributed by atoms with van der Waals surface area (Å²) in [5.74, 6) is 1.11. The molecular weight excluding hydrogens is 266 g/mol. The van der Waals surface area contributed by atoms with Crippen molar-refractivity contribution in [3.05, 3.63) is 53.9 Å². The molecule has 1 aromatic heterocycles. The third kappa shape index (κ3) is 3.51. The number of hydrogen-bond acceptors (Lipinski definition) is 4. The summed E-state index contributed by atoms with van der Waals surface area (Å²) >= 11 is 0. The zero-order chi connectivity index (χ0) is 15.5. The van der Waals surface area contributed by atoms with Crippen LogP contribution in [0.4, 0.5) is 0 Å². The van der Waals surface area contributed by atoms with Gasteiger partial charge in [0.2, 0.25) is 0 Å². The molecule has 0 saturated carbocycles. The van der Waals surface area contributed by atoms with Gasteiger partial charge in [-0.15, -0.1) is 0 Å². The molecule has 110 valence electrons. The van der Waals surface area contributed by atoms with Gasteiger partial charge in [-0.2, -0.15) is 0 Å². The zero-order valence-electron chi connectivity index (χ0n) is 12.4. The Bertz CT molecular complexity index is 661. The monoisotopic (exact) mass is 285 g/mol. The third-order valence-corrected chi connectivity index (χ3v) is 3.10. The Labute approximate surface area is 124 Å². The number of aromatic nitrogens is 1. The van der Waals surface area contributed by atoms with Crippen molar-refractivity contribution >= 4 is 5.84 Å². The largest absolute Gasteiger partial charge is 0.455 e. The lowest BCUT2D eigenvalue weighted by Crippen LogP contribution is -2.14. The summed E-state index contributed by atoms with van der Waals surface area (Å²) in [6, 6.07) is 9.47. The van der Waals surface area contributed by atoms with Gasteiger partial charge in [0.05, 0.1) is 11.8 Å². The quantitative estimate of drug-likeness (QED) is 0.392. The van der Waals surface area contributed by atoms with E-state index in [1.165, 1.54) is 6.20 Å². The number of oxime groups is 1. The molecule has 0 radical (unpaired) electrons. The van der Waals surface area contributed by atoms with Gasteiger partial charge in [-0.1, -0.05) is 38.1 Å². The molecule has 0 spiro atoms. The molecule has 0 aliphatic heterocycles. The van der Waals surface area contributed by atoms with Crippen molar-refractivity contribution in [2.45, 2.75) is 26.2 Å². The standard InChI is InChI=1S/C16H19N3O2/c1-16(2,3)11-5-4-6-12(9-11)21-14-10-18-8-7-13(14)15(17)19-20/h4-10,20H,1-3H3,(H2,17,19). The molecule has 0 aliphatic carbocycles. The highest BCUT2D eigenvalue weighted by Gasteiger charge is 2.15. The fraction of sp³-hybridized carbons (Fsp3) is 0.250. The molecule has 21 heavy (non-hydrogen) atoms. The molecule has 2 rings (SSSR count). The smallest absolute Gasteiger partial charge is 0.173 e. The SMILES string of the molecule is CC(C)(C)c1cccc(Oc2cnccc2/C(N)=N/O)c1. The average molecular weight is 285 g/mol. The van der Waals surface area contributed by atoms with Crippen molar-refractivity contribution in [1.82, 2.24) is 4.98 Å². The van der Waals surface area contributed by atoms with Crippen molar-refractivity contribution in [3.8, 4) is 11.5 Å². The molecule has 0 atom stereocenters. The number of ether oxygens (including phenoxy) is 1. The van der Waals surface area contributed by atoms with Crippen LogP contribution in [0.3, 0.4) is 0 Å². The van der Waals surface area contributed by atoms with Gasteiger partial charge in [-0.3, -0.25) is 4.98 Å². The first-order chi connectivity index (χ1) is 9.91. The van der Waals surface area contributed by atoms with E-state index in [4.69, 9.17) is 15.7 Å². The second kappa shape index (κ2) is 5.83. The molecule has 0 amide bonds. The molecule has 5 heteroatoms. The van der Waals surface area contributed by atoms with E-state index in [9.17, 15) is 0 Å². The highest BCUT2D eigenvalue weighted by Crippen LogP contribution is 2.29.